The lowest BCUT2D eigenvalue weighted by Gasteiger charge is -2.38. The van der Waals surface area contributed by atoms with Crippen LogP contribution in [0.5, 0.6) is 5.75 Å². The third-order valence-corrected chi connectivity index (χ3v) is 7.92. The Hall–Kier alpha value is -2.74. The smallest absolute Gasteiger partial charge is 0.417 e. The van der Waals surface area contributed by atoms with Gasteiger partial charge in [0.2, 0.25) is 0 Å². The van der Waals surface area contributed by atoms with E-state index < -0.39 is 53.0 Å². The van der Waals surface area contributed by atoms with E-state index in [2.05, 4.69) is 4.99 Å². The SMILES string of the molecule is COCCOc1c(C2C(C)C(C)(C(F)(F)F)OC2(C(N)=O)C2=CN([C@@H]3COC(C)(C)O3)CN=C2)ccc(F)c1C. The Morgan fingerprint density at radius 1 is 1.25 bits per heavy atom. The number of carbonyl (C=O) groups excluding carboxylic acids is 1. The zero-order valence-corrected chi connectivity index (χ0v) is 23.3. The van der Waals surface area contributed by atoms with E-state index in [4.69, 9.17) is 29.4 Å². The molecule has 40 heavy (non-hydrogen) atoms. The Morgan fingerprint density at radius 3 is 2.52 bits per heavy atom. The number of hydrogen-bond donors (Lipinski definition) is 1. The fraction of sp³-hybridized carbons (Fsp3) is 0.630. The normalized spacial score (nSPS) is 31.9. The predicted octanol–water partition coefficient (Wildman–Crippen LogP) is 3.79. The van der Waals surface area contributed by atoms with Crippen LogP contribution in [0, 0.1) is 18.7 Å². The van der Waals surface area contributed by atoms with Crippen LogP contribution >= 0.6 is 0 Å². The summed E-state index contributed by atoms with van der Waals surface area (Å²) in [6, 6.07) is 2.43. The Kier molecular flexibility index (Phi) is 8.00. The van der Waals surface area contributed by atoms with Gasteiger partial charge in [0.15, 0.2) is 23.2 Å². The lowest BCUT2D eigenvalue weighted by molar-refractivity contribution is -0.280. The second-order valence-electron chi connectivity index (χ2n) is 10.8. The molecule has 2 fully saturated rings. The van der Waals surface area contributed by atoms with Gasteiger partial charge < -0.3 is 34.3 Å². The molecule has 2 saturated heterocycles. The number of methoxy groups -OCH3 is 1. The highest BCUT2D eigenvalue weighted by atomic mass is 19.4. The molecule has 0 bridgehead atoms. The number of amides is 1. The average Bonchev–Trinajstić information content (AvgIpc) is 3.37. The van der Waals surface area contributed by atoms with Crippen molar-refractivity contribution in [2.75, 3.05) is 33.6 Å². The molecule has 0 saturated carbocycles. The van der Waals surface area contributed by atoms with E-state index in [1.165, 1.54) is 39.4 Å². The first-order valence-corrected chi connectivity index (χ1v) is 12.9. The largest absolute Gasteiger partial charge is 0.491 e. The minimum Gasteiger partial charge on any atom is -0.491 e. The minimum absolute atomic E-state index is 0.00537. The molecule has 2 N–H and O–H groups in total. The van der Waals surface area contributed by atoms with Gasteiger partial charge in [-0.05, 0) is 33.8 Å². The molecular weight excluding hydrogens is 538 g/mol. The lowest BCUT2D eigenvalue weighted by Crippen LogP contribution is -2.54. The highest BCUT2D eigenvalue weighted by Gasteiger charge is 2.72. The van der Waals surface area contributed by atoms with E-state index in [-0.39, 0.29) is 48.9 Å². The molecule has 1 aromatic rings. The van der Waals surface area contributed by atoms with E-state index in [1.54, 1.807) is 18.7 Å². The molecule has 3 aliphatic rings. The standard InChI is InChI=1S/C27H35F4N3O6/c1-15-19(28)8-7-18(22(15)37-10-9-36-6)21-16(2)25(5,27(29,30)31)40-26(21,23(32)35)17-11-33-14-34(12-17)20-13-38-24(3,4)39-20/h7-8,11-12,16,20-21H,9-10,13-14H2,1-6H3,(H2,32,35)/t16?,20-,21?,25?,26?/m0/s1. The first kappa shape index (κ1) is 30.2. The van der Waals surface area contributed by atoms with Crippen LogP contribution in [0.2, 0.25) is 0 Å². The number of halogens is 4. The summed E-state index contributed by atoms with van der Waals surface area (Å²) in [5.41, 5.74) is 0.982. The molecule has 0 aliphatic carbocycles. The molecule has 1 amide bonds. The molecule has 13 heteroatoms. The van der Waals surface area contributed by atoms with Crippen molar-refractivity contribution >= 4 is 12.1 Å². The van der Waals surface area contributed by atoms with Crippen LogP contribution in [0.25, 0.3) is 0 Å². The summed E-state index contributed by atoms with van der Waals surface area (Å²) in [6.45, 7) is 7.49. The highest BCUT2D eigenvalue weighted by molar-refractivity contribution is 5.99. The molecule has 9 nitrogen and oxygen atoms in total. The Morgan fingerprint density at radius 2 is 1.95 bits per heavy atom. The topological polar surface area (TPSA) is 105 Å². The number of nitrogens with zero attached hydrogens (tertiary/aromatic N) is 2. The third kappa shape index (κ3) is 4.97. The van der Waals surface area contributed by atoms with Gasteiger partial charge in [-0.25, -0.2) is 4.39 Å². The zero-order chi connectivity index (χ0) is 29.7. The van der Waals surface area contributed by atoms with Crippen molar-refractivity contribution in [2.24, 2.45) is 16.6 Å². The number of primary amides is 1. The van der Waals surface area contributed by atoms with Crippen molar-refractivity contribution in [3.05, 3.63) is 40.8 Å². The van der Waals surface area contributed by atoms with E-state index in [1.807, 2.05) is 0 Å². The number of ether oxygens (including phenoxy) is 5. The second kappa shape index (κ2) is 10.6. The van der Waals surface area contributed by atoms with Crippen LogP contribution in [0.4, 0.5) is 17.6 Å². The van der Waals surface area contributed by atoms with Gasteiger partial charge in [-0.3, -0.25) is 9.79 Å². The predicted molar refractivity (Wildman–Crippen MR) is 136 cm³/mol. The van der Waals surface area contributed by atoms with Crippen molar-refractivity contribution < 1.29 is 46.0 Å². The summed E-state index contributed by atoms with van der Waals surface area (Å²) in [5, 5.41) is 0. The summed E-state index contributed by atoms with van der Waals surface area (Å²) in [7, 11) is 1.45. The molecular formula is C27H35F4N3O6. The molecule has 1 aromatic carbocycles. The van der Waals surface area contributed by atoms with Gasteiger partial charge in [0.25, 0.3) is 5.91 Å². The van der Waals surface area contributed by atoms with Crippen LogP contribution < -0.4 is 10.5 Å². The van der Waals surface area contributed by atoms with Crippen LogP contribution in [0.3, 0.4) is 0 Å². The Labute approximate surface area is 230 Å². The van der Waals surface area contributed by atoms with Gasteiger partial charge in [-0.2, -0.15) is 13.2 Å². The number of nitrogens with two attached hydrogens (primary N) is 1. The number of alkyl halides is 3. The van der Waals surface area contributed by atoms with E-state index in [0.717, 1.165) is 13.0 Å². The van der Waals surface area contributed by atoms with Crippen LogP contribution in [0.1, 0.15) is 44.7 Å². The van der Waals surface area contributed by atoms with Crippen molar-refractivity contribution in [1.82, 2.24) is 4.90 Å². The van der Waals surface area contributed by atoms with Gasteiger partial charge in [0.1, 0.15) is 24.8 Å². The van der Waals surface area contributed by atoms with Crippen LogP contribution in [0.15, 0.2) is 28.9 Å². The molecule has 222 valence electrons. The summed E-state index contributed by atoms with van der Waals surface area (Å²) in [5.74, 6) is -5.40. The van der Waals surface area contributed by atoms with Crippen LogP contribution in [-0.4, -0.2) is 80.0 Å². The maximum absolute atomic E-state index is 14.7. The first-order valence-electron chi connectivity index (χ1n) is 12.9. The molecule has 0 spiro atoms. The van der Waals surface area contributed by atoms with Crippen LogP contribution in [-0.2, 0) is 23.7 Å². The van der Waals surface area contributed by atoms with E-state index in [9.17, 15) is 22.4 Å². The average molecular weight is 574 g/mol. The first-order chi connectivity index (χ1) is 18.6. The Balaban J connectivity index is 1.93. The molecule has 0 aromatic heterocycles. The fourth-order valence-corrected chi connectivity index (χ4v) is 5.59. The van der Waals surface area contributed by atoms with Crippen molar-refractivity contribution in [3.8, 4) is 5.75 Å². The third-order valence-electron chi connectivity index (χ3n) is 7.92. The number of carbonyl (C=O) groups is 1. The van der Waals surface area contributed by atoms with Crippen molar-refractivity contribution in [3.63, 3.8) is 0 Å². The number of rotatable bonds is 8. The lowest BCUT2D eigenvalue weighted by atomic mass is 9.69. The minimum atomic E-state index is -4.90. The zero-order valence-electron chi connectivity index (χ0n) is 23.3. The number of aliphatic imine (C=N–C) groups is 1. The van der Waals surface area contributed by atoms with Gasteiger partial charge in [0, 0.05) is 48.1 Å². The Bertz CT molecular complexity index is 1210. The second-order valence-corrected chi connectivity index (χ2v) is 10.8. The highest BCUT2D eigenvalue weighted by Crippen LogP contribution is 2.61. The van der Waals surface area contributed by atoms with Gasteiger partial charge >= 0.3 is 6.18 Å². The van der Waals surface area contributed by atoms with E-state index in [0.29, 0.717) is 0 Å². The van der Waals surface area contributed by atoms with E-state index >= 15 is 0 Å². The molecule has 4 unspecified atom stereocenters. The molecule has 4 rings (SSSR count). The van der Waals surface area contributed by atoms with Gasteiger partial charge in [0.05, 0.1) is 13.2 Å². The molecule has 3 aliphatic heterocycles. The summed E-state index contributed by atoms with van der Waals surface area (Å²) in [4.78, 5) is 19.3. The maximum atomic E-state index is 14.7. The molecule has 3 heterocycles. The summed E-state index contributed by atoms with van der Waals surface area (Å²) >= 11 is 0. The molecule has 5 atom stereocenters. The number of benzene rings is 1. The monoisotopic (exact) mass is 573 g/mol. The number of hydrogen-bond acceptors (Lipinski definition) is 8. The fourth-order valence-electron chi connectivity index (χ4n) is 5.59. The molecule has 0 radical (unpaired) electrons. The van der Waals surface area contributed by atoms with Gasteiger partial charge in [-0.1, -0.05) is 13.0 Å². The van der Waals surface area contributed by atoms with Gasteiger partial charge in [-0.15, -0.1) is 0 Å². The van der Waals surface area contributed by atoms with Crippen molar-refractivity contribution in [2.45, 2.75) is 69.9 Å². The summed E-state index contributed by atoms with van der Waals surface area (Å²) < 4.78 is 87.0. The maximum Gasteiger partial charge on any atom is 0.417 e. The van der Waals surface area contributed by atoms with Crippen molar-refractivity contribution in [1.29, 1.82) is 0 Å². The summed E-state index contributed by atoms with van der Waals surface area (Å²) in [6.07, 6.45) is -2.77. The quantitative estimate of drug-likeness (QED) is 0.373.